The highest BCUT2D eigenvalue weighted by Crippen LogP contribution is 2.26. The van der Waals surface area contributed by atoms with E-state index in [1.807, 2.05) is 27.7 Å². The summed E-state index contributed by atoms with van der Waals surface area (Å²) in [6, 6.07) is 2.27. The van der Waals surface area contributed by atoms with E-state index in [1.165, 1.54) is 0 Å². The maximum atomic E-state index is 10.3. The van der Waals surface area contributed by atoms with Gasteiger partial charge in [-0.2, -0.15) is 0 Å². The molecular formula is C31H72N2O9Si3. The minimum atomic E-state index is -2.28. The fourth-order valence-electron chi connectivity index (χ4n) is 4.84. The standard InChI is InChI=1S/C31H72N2O9Si3/c1-11-29(34)21-32-27(3)23-39-17-18-40-24-28(4)33-22-31(36)26-38-16-14-20-44(7,8)42-45(9,10)41-43(5,6)19-13-15-37-25-30(35)12-2/h27-36H,11-26H2,1-10H3. The van der Waals surface area contributed by atoms with Crippen LogP contribution in [0, 0.1) is 0 Å². The number of rotatable bonds is 31. The van der Waals surface area contributed by atoms with Crippen molar-refractivity contribution in [2.24, 2.45) is 0 Å². The molecule has 0 saturated carbocycles. The van der Waals surface area contributed by atoms with E-state index in [0.29, 0.717) is 72.4 Å². The van der Waals surface area contributed by atoms with E-state index in [1.54, 1.807) is 0 Å². The number of nitrogens with one attached hydrogen (secondary N) is 2. The largest absolute Gasteiger partial charge is 0.437 e. The lowest BCUT2D eigenvalue weighted by Crippen LogP contribution is -2.52. The Balaban J connectivity index is 4.00. The average Bonchev–Trinajstić information content (AvgIpc) is 2.94. The maximum absolute atomic E-state index is 10.3. The van der Waals surface area contributed by atoms with E-state index in [9.17, 15) is 15.3 Å². The first-order chi connectivity index (χ1) is 21.0. The van der Waals surface area contributed by atoms with Gasteiger partial charge in [0.25, 0.3) is 0 Å². The van der Waals surface area contributed by atoms with Crippen LogP contribution in [0.15, 0.2) is 0 Å². The second-order valence-corrected chi connectivity index (χ2v) is 26.5. The third-order valence-corrected chi connectivity index (χ3v) is 18.7. The lowest BCUT2D eigenvalue weighted by molar-refractivity contribution is 0.0235. The zero-order valence-corrected chi connectivity index (χ0v) is 33.5. The minimum Gasteiger partial charge on any atom is -0.437 e. The van der Waals surface area contributed by atoms with Gasteiger partial charge in [-0.05, 0) is 90.9 Å². The molecular weight excluding hydrogens is 629 g/mol. The first-order valence-electron chi connectivity index (χ1n) is 17.2. The van der Waals surface area contributed by atoms with Gasteiger partial charge >= 0.3 is 8.56 Å². The Labute approximate surface area is 278 Å². The Morgan fingerprint density at radius 2 is 0.911 bits per heavy atom. The molecule has 0 saturated heterocycles. The van der Waals surface area contributed by atoms with Crippen molar-refractivity contribution in [1.82, 2.24) is 10.6 Å². The third kappa shape index (κ3) is 27.8. The molecule has 14 heteroatoms. The van der Waals surface area contributed by atoms with Gasteiger partial charge in [-0.1, -0.05) is 13.8 Å². The third-order valence-electron chi connectivity index (χ3n) is 7.25. The summed E-state index contributed by atoms with van der Waals surface area (Å²) >= 11 is 0. The van der Waals surface area contributed by atoms with Crippen molar-refractivity contribution in [3.05, 3.63) is 0 Å². The molecule has 5 N–H and O–H groups in total. The summed E-state index contributed by atoms with van der Waals surface area (Å²) in [5, 5.41) is 36.1. The Bertz CT molecular complexity index is 711. The molecule has 0 fully saturated rings. The first kappa shape index (κ1) is 45.2. The predicted octanol–water partition coefficient (Wildman–Crippen LogP) is 3.84. The van der Waals surface area contributed by atoms with Crippen molar-refractivity contribution in [1.29, 1.82) is 0 Å². The molecule has 5 atom stereocenters. The molecule has 11 nitrogen and oxygen atoms in total. The molecule has 0 heterocycles. The quantitative estimate of drug-likeness (QED) is 0.0533. The van der Waals surface area contributed by atoms with Gasteiger partial charge in [-0.15, -0.1) is 0 Å². The molecule has 0 aromatic heterocycles. The topological polar surface area (TPSA) is 140 Å². The Kier molecular flexibility index (Phi) is 25.3. The van der Waals surface area contributed by atoms with Gasteiger partial charge in [0, 0.05) is 38.4 Å². The van der Waals surface area contributed by atoms with Gasteiger partial charge in [0.15, 0.2) is 16.6 Å². The van der Waals surface area contributed by atoms with Gasteiger partial charge in [0.2, 0.25) is 0 Å². The summed E-state index contributed by atoms with van der Waals surface area (Å²) in [5.41, 5.74) is 0. The number of hydrogen-bond acceptors (Lipinski definition) is 11. The molecule has 0 aromatic carbocycles. The van der Waals surface area contributed by atoms with Crippen LogP contribution >= 0.6 is 0 Å². The Morgan fingerprint density at radius 1 is 0.533 bits per heavy atom. The second-order valence-electron chi connectivity index (χ2n) is 14.0. The first-order valence-corrected chi connectivity index (χ1v) is 26.3. The summed E-state index contributed by atoms with van der Waals surface area (Å²) in [6.07, 6.45) is 2.02. The molecule has 0 aliphatic rings. The molecule has 0 amide bonds. The van der Waals surface area contributed by atoms with Gasteiger partial charge in [-0.3, -0.25) is 0 Å². The van der Waals surface area contributed by atoms with Crippen molar-refractivity contribution >= 4 is 25.2 Å². The molecule has 0 spiro atoms. The average molecular weight is 701 g/mol. The number of hydrogen-bond donors (Lipinski definition) is 5. The zero-order valence-electron chi connectivity index (χ0n) is 30.5. The van der Waals surface area contributed by atoms with Crippen LogP contribution in [0.4, 0.5) is 0 Å². The Hall–Kier alpha value is 0.211. The van der Waals surface area contributed by atoms with Crippen molar-refractivity contribution in [2.75, 3.05) is 65.9 Å². The van der Waals surface area contributed by atoms with Crippen LogP contribution in [-0.2, 0) is 27.2 Å². The maximum Gasteiger partial charge on any atom is 0.311 e. The highest BCUT2D eigenvalue weighted by atomic mass is 28.5. The molecule has 272 valence electrons. The molecule has 0 rings (SSSR count). The fourth-order valence-corrected chi connectivity index (χ4v) is 18.8. The van der Waals surface area contributed by atoms with Crippen LogP contribution in [0.25, 0.3) is 0 Å². The lowest BCUT2D eigenvalue weighted by atomic mass is 10.2. The zero-order chi connectivity index (χ0) is 34.4. The number of ether oxygens (including phenoxy) is 4. The van der Waals surface area contributed by atoms with E-state index in [2.05, 4.69) is 49.9 Å². The molecule has 5 unspecified atom stereocenters. The molecule has 0 aliphatic carbocycles. The summed E-state index contributed by atoms with van der Waals surface area (Å²) in [7, 11) is -6.09. The lowest BCUT2D eigenvalue weighted by Gasteiger charge is -2.38. The predicted molar refractivity (Wildman–Crippen MR) is 190 cm³/mol. The van der Waals surface area contributed by atoms with Crippen LogP contribution in [0.5, 0.6) is 0 Å². The second kappa shape index (κ2) is 25.2. The van der Waals surface area contributed by atoms with Crippen LogP contribution in [0.1, 0.15) is 53.4 Å². The normalized spacial score (nSPS) is 16.5. The van der Waals surface area contributed by atoms with Crippen LogP contribution in [0.2, 0.25) is 51.4 Å². The highest BCUT2D eigenvalue weighted by Gasteiger charge is 2.39. The molecule has 0 aromatic rings. The smallest absolute Gasteiger partial charge is 0.311 e. The van der Waals surface area contributed by atoms with E-state index >= 15 is 0 Å². The molecule has 0 bridgehead atoms. The van der Waals surface area contributed by atoms with E-state index < -0.39 is 31.3 Å². The van der Waals surface area contributed by atoms with Crippen LogP contribution in [0.3, 0.4) is 0 Å². The fraction of sp³-hybridized carbons (Fsp3) is 1.00. The SMILES string of the molecule is CCC(O)CNC(C)COCCOCC(C)NCC(O)COCCC[Si](C)(C)O[Si](C)(C)O[Si](C)(C)CCCOCC(O)CC. The molecule has 45 heavy (non-hydrogen) atoms. The number of aliphatic hydroxyl groups is 3. The summed E-state index contributed by atoms with van der Waals surface area (Å²) in [6.45, 7) is 26.4. The number of aliphatic hydroxyl groups excluding tert-OH is 3. The van der Waals surface area contributed by atoms with E-state index in [0.717, 1.165) is 31.4 Å². The monoisotopic (exact) mass is 700 g/mol. The minimum absolute atomic E-state index is 0.107. The van der Waals surface area contributed by atoms with Crippen molar-refractivity contribution in [3.63, 3.8) is 0 Å². The van der Waals surface area contributed by atoms with Crippen molar-refractivity contribution in [2.45, 2.75) is 135 Å². The molecule has 0 radical (unpaired) electrons. The summed E-state index contributed by atoms with van der Waals surface area (Å²) in [4.78, 5) is 0. The summed E-state index contributed by atoms with van der Waals surface area (Å²) < 4.78 is 36.0. The van der Waals surface area contributed by atoms with Crippen molar-refractivity contribution < 1.29 is 42.5 Å². The van der Waals surface area contributed by atoms with Gasteiger partial charge < -0.3 is 53.1 Å². The van der Waals surface area contributed by atoms with E-state index in [-0.39, 0.29) is 24.3 Å². The van der Waals surface area contributed by atoms with E-state index in [4.69, 9.17) is 27.2 Å². The van der Waals surface area contributed by atoms with Crippen LogP contribution in [-0.4, -0.2) is 137 Å². The van der Waals surface area contributed by atoms with Gasteiger partial charge in [0.05, 0.1) is 58.0 Å². The Morgan fingerprint density at radius 3 is 1.33 bits per heavy atom. The summed E-state index contributed by atoms with van der Waals surface area (Å²) in [5.74, 6) is 0. The van der Waals surface area contributed by atoms with Crippen LogP contribution < -0.4 is 10.6 Å². The van der Waals surface area contributed by atoms with Crippen molar-refractivity contribution in [3.8, 4) is 0 Å². The highest BCUT2D eigenvalue weighted by molar-refractivity contribution is 6.87. The molecule has 0 aliphatic heterocycles. The van der Waals surface area contributed by atoms with Gasteiger partial charge in [-0.25, -0.2) is 0 Å². The van der Waals surface area contributed by atoms with Gasteiger partial charge in [0.1, 0.15) is 0 Å².